The fourth-order valence-corrected chi connectivity index (χ4v) is 1.94. The molecule has 0 saturated carbocycles. The average Bonchev–Trinajstić information content (AvgIpc) is 2.61. The van der Waals surface area contributed by atoms with Crippen molar-refractivity contribution >= 4 is 10.9 Å². The Morgan fingerprint density at radius 3 is 2.93 bits per heavy atom. The van der Waals surface area contributed by atoms with Gasteiger partial charge in [-0.1, -0.05) is 18.2 Å². The number of alkyl halides is 1. The maximum atomic E-state index is 13.8. The minimum Gasteiger partial charge on any atom is -0.350 e. The lowest BCUT2D eigenvalue weighted by atomic mass is 10.0. The van der Waals surface area contributed by atoms with Gasteiger partial charge in [-0.25, -0.2) is 4.39 Å². The first-order valence-electron chi connectivity index (χ1n) is 5.12. The maximum Gasteiger partial charge on any atom is 0.128 e. The van der Waals surface area contributed by atoms with E-state index in [-0.39, 0.29) is 0 Å². The predicted octanol–water partition coefficient (Wildman–Crippen LogP) is 2.54. The highest BCUT2D eigenvalue weighted by Gasteiger charge is 2.13. The van der Waals surface area contributed by atoms with E-state index in [0.717, 1.165) is 16.5 Å². The Balaban J connectivity index is 2.54. The third kappa shape index (κ3) is 1.75. The number of fused-ring (bicyclic) bond motifs is 1. The lowest BCUT2D eigenvalue weighted by Gasteiger charge is -2.10. The summed E-state index contributed by atoms with van der Waals surface area (Å²) in [5.41, 5.74) is 7.09. The normalized spacial score (nSPS) is 13.3. The molecule has 3 heteroatoms. The van der Waals surface area contributed by atoms with E-state index >= 15 is 0 Å². The van der Waals surface area contributed by atoms with Gasteiger partial charge in [0.15, 0.2) is 0 Å². The maximum absolute atomic E-state index is 13.8. The molecule has 1 aromatic heterocycles. The van der Waals surface area contributed by atoms with Crippen molar-refractivity contribution in [3.8, 4) is 0 Å². The van der Waals surface area contributed by atoms with Gasteiger partial charge < -0.3 is 10.3 Å². The van der Waals surface area contributed by atoms with Crippen molar-refractivity contribution in [2.24, 2.45) is 12.8 Å². The molecule has 2 aromatic rings. The van der Waals surface area contributed by atoms with Crippen LogP contribution in [0.4, 0.5) is 4.39 Å². The molecular weight excluding hydrogens is 191 g/mol. The number of hydrogen-bond donors (Lipinski definition) is 1. The number of para-hydroxylation sites is 1. The number of hydrogen-bond acceptors (Lipinski definition) is 1. The standard InChI is InChI=1S/C12H15FN2/c1-15-8-6-9-3-2-4-10(12(9)15)11(13)5-7-14/h2-4,6,8,11H,5,7,14H2,1H3. The van der Waals surface area contributed by atoms with E-state index in [2.05, 4.69) is 0 Å². The molecule has 2 nitrogen and oxygen atoms in total. The second-order valence-corrected chi connectivity index (χ2v) is 3.76. The fourth-order valence-electron chi connectivity index (χ4n) is 1.94. The smallest absolute Gasteiger partial charge is 0.128 e. The zero-order valence-electron chi connectivity index (χ0n) is 8.78. The minimum absolute atomic E-state index is 0.377. The summed E-state index contributed by atoms with van der Waals surface area (Å²) in [5.74, 6) is 0. The Morgan fingerprint density at radius 2 is 2.20 bits per heavy atom. The van der Waals surface area contributed by atoms with Crippen molar-refractivity contribution in [2.45, 2.75) is 12.6 Å². The van der Waals surface area contributed by atoms with Crippen molar-refractivity contribution in [1.82, 2.24) is 4.57 Å². The summed E-state index contributed by atoms with van der Waals surface area (Å²) >= 11 is 0. The average molecular weight is 206 g/mol. The summed E-state index contributed by atoms with van der Waals surface area (Å²) in [7, 11) is 1.93. The van der Waals surface area contributed by atoms with Crippen LogP contribution in [0.25, 0.3) is 10.9 Å². The number of halogens is 1. The lowest BCUT2D eigenvalue weighted by molar-refractivity contribution is 0.329. The first-order chi connectivity index (χ1) is 7.24. The number of nitrogens with two attached hydrogens (primary N) is 1. The van der Waals surface area contributed by atoms with Crippen LogP contribution < -0.4 is 5.73 Å². The Bertz CT molecular complexity index is 462. The van der Waals surface area contributed by atoms with Gasteiger partial charge in [0.25, 0.3) is 0 Å². The Hall–Kier alpha value is -1.35. The van der Waals surface area contributed by atoms with E-state index in [4.69, 9.17) is 5.73 Å². The van der Waals surface area contributed by atoms with Crippen molar-refractivity contribution in [1.29, 1.82) is 0 Å². The van der Waals surface area contributed by atoms with Crippen LogP contribution in [0, 0.1) is 0 Å². The zero-order valence-corrected chi connectivity index (χ0v) is 8.78. The van der Waals surface area contributed by atoms with Crippen LogP contribution in [0.5, 0.6) is 0 Å². The SMILES string of the molecule is Cn1ccc2cccc(C(F)CCN)c21. The van der Waals surface area contributed by atoms with Crippen LogP contribution in [0.3, 0.4) is 0 Å². The highest BCUT2D eigenvalue weighted by Crippen LogP contribution is 2.28. The first kappa shape index (κ1) is 10.2. The third-order valence-corrected chi connectivity index (χ3v) is 2.69. The molecule has 0 aliphatic heterocycles. The molecule has 1 unspecified atom stereocenters. The van der Waals surface area contributed by atoms with Gasteiger partial charge in [-0.2, -0.15) is 0 Å². The van der Waals surface area contributed by atoms with Crippen LogP contribution in [-0.4, -0.2) is 11.1 Å². The number of nitrogens with zero attached hydrogens (tertiary/aromatic N) is 1. The predicted molar refractivity (Wildman–Crippen MR) is 60.4 cm³/mol. The molecular formula is C12H15FN2. The van der Waals surface area contributed by atoms with Crippen LogP contribution in [0.2, 0.25) is 0 Å². The summed E-state index contributed by atoms with van der Waals surface area (Å²) < 4.78 is 15.8. The van der Waals surface area contributed by atoms with Gasteiger partial charge in [-0.05, 0) is 24.4 Å². The Labute approximate surface area is 88.5 Å². The molecule has 0 amide bonds. The van der Waals surface area contributed by atoms with Crippen LogP contribution in [0.15, 0.2) is 30.5 Å². The molecule has 0 radical (unpaired) electrons. The molecule has 80 valence electrons. The van der Waals surface area contributed by atoms with Crippen LogP contribution in [0.1, 0.15) is 18.2 Å². The Kier molecular flexibility index (Phi) is 2.73. The molecule has 0 saturated heterocycles. The second-order valence-electron chi connectivity index (χ2n) is 3.76. The molecule has 1 atom stereocenters. The van der Waals surface area contributed by atoms with E-state index < -0.39 is 6.17 Å². The van der Waals surface area contributed by atoms with E-state index in [9.17, 15) is 4.39 Å². The van der Waals surface area contributed by atoms with Crippen molar-refractivity contribution in [3.05, 3.63) is 36.0 Å². The molecule has 0 aliphatic rings. The molecule has 2 rings (SSSR count). The van der Waals surface area contributed by atoms with Gasteiger partial charge in [0.05, 0.1) is 5.52 Å². The summed E-state index contributed by atoms with van der Waals surface area (Å²) in [6, 6.07) is 7.71. The van der Waals surface area contributed by atoms with Gasteiger partial charge >= 0.3 is 0 Å². The molecule has 1 aromatic carbocycles. The lowest BCUT2D eigenvalue weighted by Crippen LogP contribution is -2.04. The second kappa shape index (κ2) is 4.03. The van der Waals surface area contributed by atoms with Crippen LogP contribution in [-0.2, 0) is 7.05 Å². The van der Waals surface area contributed by atoms with Crippen molar-refractivity contribution < 1.29 is 4.39 Å². The first-order valence-corrected chi connectivity index (χ1v) is 5.12. The third-order valence-electron chi connectivity index (χ3n) is 2.69. The highest BCUT2D eigenvalue weighted by molar-refractivity contribution is 5.83. The molecule has 0 fully saturated rings. The van der Waals surface area contributed by atoms with Crippen molar-refractivity contribution in [2.75, 3.05) is 6.54 Å². The van der Waals surface area contributed by atoms with E-state index in [1.807, 2.05) is 42.1 Å². The number of rotatable bonds is 3. The largest absolute Gasteiger partial charge is 0.350 e. The molecule has 0 bridgehead atoms. The molecule has 15 heavy (non-hydrogen) atoms. The summed E-state index contributed by atoms with van der Waals surface area (Å²) in [5, 5.41) is 1.08. The monoisotopic (exact) mass is 206 g/mol. The number of aryl methyl sites for hydroxylation is 1. The zero-order chi connectivity index (χ0) is 10.8. The quantitative estimate of drug-likeness (QED) is 0.822. The van der Waals surface area contributed by atoms with Gasteiger partial charge in [-0.15, -0.1) is 0 Å². The van der Waals surface area contributed by atoms with Gasteiger partial charge in [0.1, 0.15) is 6.17 Å². The highest BCUT2D eigenvalue weighted by atomic mass is 19.1. The van der Waals surface area contributed by atoms with E-state index in [1.165, 1.54) is 0 Å². The molecule has 2 N–H and O–H groups in total. The number of benzene rings is 1. The summed E-state index contributed by atoms with van der Waals surface area (Å²) in [4.78, 5) is 0. The number of aromatic nitrogens is 1. The fraction of sp³-hybridized carbons (Fsp3) is 0.333. The van der Waals surface area contributed by atoms with Gasteiger partial charge in [0, 0.05) is 18.8 Å². The Morgan fingerprint density at radius 1 is 1.40 bits per heavy atom. The van der Waals surface area contributed by atoms with Crippen molar-refractivity contribution in [3.63, 3.8) is 0 Å². The molecule has 0 spiro atoms. The summed E-state index contributed by atoms with van der Waals surface area (Å²) in [6.45, 7) is 0.377. The minimum atomic E-state index is -0.965. The summed E-state index contributed by atoms with van der Waals surface area (Å²) in [6.07, 6.45) is 1.36. The van der Waals surface area contributed by atoms with Crippen LogP contribution >= 0.6 is 0 Å². The van der Waals surface area contributed by atoms with E-state index in [1.54, 1.807) is 0 Å². The van der Waals surface area contributed by atoms with Gasteiger partial charge in [0.2, 0.25) is 0 Å². The molecule has 0 aliphatic carbocycles. The van der Waals surface area contributed by atoms with E-state index in [0.29, 0.717) is 13.0 Å². The topological polar surface area (TPSA) is 30.9 Å². The van der Waals surface area contributed by atoms with Gasteiger partial charge in [-0.3, -0.25) is 0 Å². The molecule has 1 heterocycles.